The van der Waals surface area contributed by atoms with Crippen molar-refractivity contribution in [2.75, 3.05) is 0 Å². The van der Waals surface area contributed by atoms with Crippen LogP contribution in [0, 0.1) is 17.0 Å². The third-order valence-corrected chi connectivity index (χ3v) is 2.76. The van der Waals surface area contributed by atoms with Gasteiger partial charge in [-0.2, -0.15) is 0 Å². The maximum absolute atomic E-state index is 10.8. The summed E-state index contributed by atoms with van der Waals surface area (Å²) in [6.07, 6.45) is 2.32. The highest BCUT2D eigenvalue weighted by molar-refractivity contribution is 5.64. The van der Waals surface area contributed by atoms with E-state index in [9.17, 15) is 14.9 Å². The van der Waals surface area contributed by atoms with Crippen LogP contribution >= 0.6 is 0 Å². The van der Waals surface area contributed by atoms with Gasteiger partial charge >= 0.3 is 5.82 Å². The highest BCUT2D eigenvalue weighted by Crippen LogP contribution is 2.33. The molecule has 1 unspecified atom stereocenters. The Labute approximate surface area is 86.1 Å². The first-order valence-corrected chi connectivity index (χ1v) is 4.82. The first-order chi connectivity index (χ1) is 7.15. The SMILES string of the molecule is Cc1nc([N+](=O)[O-])c2n1CCCC2C=O. The number of rotatable bonds is 2. The van der Waals surface area contributed by atoms with Crippen molar-refractivity contribution in [2.24, 2.45) is 0 Å². The molecule has 2 heterocycles. The molecule has 80 valence electrons. The average molecular weight is 209 g/mol. The second-order valence-electron chi connectivity index (χ2n) is 3.66. The summed E-state index contributed by atoms with van der Waals surface area (Å²) >= 11 is 0. The number of hydrogen-bond donors (Lipinski definition) is 0. The number of carbonyl (C=O) groups excluding carboxylic acids is 1. The fourth-order valence-electron chi connectivity index (χ4n) is 2.09. The third kappa shape index (κ3) is 1.42. The monoisotopic (exact) mass is 209 g/mol. The lowest BCUT2D eigenvalue weighted by Crippen LogP contribution is -2.17. The van der Waals surface area contributed by atoms with Gasteiger partial charge in [-0.1, -0.05) is 0 Å². The summed E-state index contributed by atoms with van der Waals surface area (Å²) in [5.74, 6) is 0.0768. The zero-order valence-electron chi connectivity index (χ0n) is 8.34. The van der Waals surface area contributed by atoms with E-state index in [-0.39, 0.29) is 11.7 Å². The summed E-state index contributed by atoms with van der Waals surface area (Å²) in [6, 6.07) is 0. The molecule has 0 aliphatic carbocycles. The van der Waals surface area contributed by atoms with E-state index in [2.05, 4.69) is 4.98 Å². The molecule has 15 heavy (non-hydrogen) atoms. The van der Waals surface area contributed by atoms with Gasteiger partial charge in [0.1, 0.15) is 12.0 Å². The quantitative estimate of drug-likeness (QED) is 0.416. The van der Waals surface area contributed by atoms with Crippen LogP contribution in [0.5, 0.6) is 0 Å². The van der Waals surface area contributed by atoms with Gasteiger partial charge in [0.05, 0.1) is 5.92 Å². The van der Waals surface area contributed by atoms with Gasteiger partial charge in [-0.05, 0) is 22.7 Å². The molecule has 0 saturated carbocycles. The number of aryl methyl sites for hydroxylation is 1. The minimum Gasteiger partial charge on any atom is -0.358 e. The van der Waals surface area contributed by atoms with Crippen molar-refractivity contribution in [3.05, 3.63) is 21.6 Å². The highest BCUT2D eigenvalue weighted by Gasteiger charge is 2.33. The maximum Gasteiger partial charge on any atom is 0.385 e. The van der Waals surface area contributed by atoms with Gasteiger partial charge in [0, 0.05) is 13.5 Å². The molecule has 0 aromatic carbocycles. The third-order valence-electron chi connectivity index (χ3n) is 2.76. The number of fused-ring (bicyclic) bond motifs is 1. The number of nitrogens with zero attached hydrogens (tertiary/aromatic N) is 3. The van der Waals surface area contributed by atoms with E-state index in [1.807, 2.05) is 0 Å². The van der Waals surface area contributed by atoms with Gasteiger partial charge in [-0.3, -0.25) is 0 Å². The second kappa shape index (κ2) is 3.45. The fourth-order valence-corrected chi connectivity index (χ4v) is 2.09. The number of carbonyl (C=O) groups is 1. The van der Waals surface area contributed by atoms with Gasteiger partial charge in [0.15, 0.2) is 0 Å². The molecule has 0 bridgehead atoms. The smallest absolute Gasteiger partial charge is 0.358 e. The second-order valence-corrected chi connectivity index (χ2v) is 3.66. The molecule has 1 aliphatic heterocycles. The molecule has 1 aromatic heterocycles. The van der Waals surface area contributed by atoms with Crippen LogP contribution in [0.25, 0.3) is 0 Å². The van der Waals surface area contributed by atoms with Gasteiger partial charge in [-0.15, -0.1) is 0 Å². The van der Waals surface area contributed by atoms with Crippen molar-refractivity contribution >= 4 is 12.1 Å². The fraction of sp³-hybridized carbons (Fsp3) is 0.556. The number of nitro groups is 1. The molecule has 0 N–H and O–H groups in total. The van der Waals surface area contributed by atoms with Gasteiger partial charge in [0.25, 0.3) is 0 Å². The van der Waals surface area contributed by atoms with Crippen LogP contribution in [0.2, 0.25) is 0 Å². The minimum absolute atomic E-state index is 0.163. The van der Waals surface area contributed by atoms with E-state index in [1.165, 1.54) is 0 Å². The predicted octanol–water partition coefficient (Wildman–Crippen LogP) is 1.18. The number of aromatic nitrogens is 2. The standard InChI is InChI=1S/C9H11N3O3/c1-6-10-9(12(14)15)8-7(5-13)3-2-4-11(6)8/h5,7H,2-4H2,1H3. The topological polar surface area (TPSA) is 78.0 Å². The largest absolute Gasteiger partial charge is 0.385 e. The molecule has 6 nitrogen and oxygen atoms in total. The summed E-state index contributed by atoms with van der Waals surface area (Å²) in [5.41, 5.74) is 0.471. The normalized spacial score (nSPS) is 19.7. The Morgan fingerprint density at radius 3 is 3.00 bits per heavy atom. The van der Waals surface area contributed by atoms with Gasteiger partial charge in [-0.25, -0.2) is 0 Å². The Bertz CT molecular complexity index is 424. The molecule has 1 atom stereocenters. The lowest BCUT2D eigenvalue weighted by atomic mass is 9.97. The van der Waals surface area contributed by atoms with Gasteiger partial charge < -0.3 is 19.5 Å². The van der Waals surface area contributed by atoms with Crippen LogP contribution in [-0.2, 0) is 11.3 Å². The Morgan fingerprint density at radius 2 is 2.40 bits per heavy atom. The zero-order chi connectivity index (χ0) is 11.0. The predicted molar refractivity (Wildman–Crippen MR) is 51.7 cm³/mol. The van der Waals surface area contributed by atoms with Crippen molar-refractivity contribution < 1.29 is 9.72 Å². The number of aldehydes is 1. The van der Waals surface area contributed by atoms with E-state index in [0.29, 0.717) is 24.5 Å². The Hall–Kier alpha value is -1.72. The zero-order valence-corrected chi connectivity index (χ0v) is 8.34. The Morgan fingerprint density at radius 1 is 1.67 bits per heavy atom. The van der Waals surface area contributed by atoms with E-state index < -0.39 is 4.92 Å². The highest BCUT2D eigenvalue weighted by atomic mass is 16.6. The van der Waals surface area contributed by atoms with E-state index >= 15 is 0 Å². The molecular weight excluding hydrogens is 198 g/mol. The van der Waals surface area contributed by atoms with Crippen molar-refractivity contribution in [3.8, 4) is 0 Å². The molecule has 2 rings (SSSR count). The molecule has 1 aliphatic rings. The molecule has 0 saturated heterocycles. The van der Waals surface area contributed by atoms with E-state index in [4.69, 9.17) is 0 Å². The van der Waals surface area contributed by atoms with Crippen LogP contribution in [-0.4, -0.2) is 20.8 Å². The summed E-state index contributed by atoms with van der Waals surface area (Å²) in [4.78, 5) is 25.0. The number of imidazole rings is 1. The van der Waals surface area contributed by atoms with Crippen LogP contribution in [0.1, 0.15) is 30.3 Å². The molecule has 0 spiro atoms. The molecule has 1 aromatic rings. The van der Waals surface area contributed by atoms with Crippen LogP contribution in [0.4, 0.5) is 5.82 Å². The summed E-state index contributed by atoms with van der Waals surface area (Å²) < 4.78 is 1.78. The van der Waals surface area contributed by atoms with E-state index in [0.717, 1.165) is 12.7 Å². The number of hydrogen-bond acceptors (Lipinski definition) is 4. The Balaban J connectivity index is 2.60. The summed E-state index contributed by atoms with van der Waals surface area (Å²) in [6.45, 7) is 2.44. The summed E-state index contributed by atoms with van der Waals surface area (Å²) in [7, 11) is 0. The first kappa shape index (κ1) is 9.82. The van der Waals surface area contributed by atoms with Crippen molar-refractivity contribution in [1.29, 1.82) is 0 Å². The maximum atomic E-state index is 10.8. The van der Waals surface area contributed by atoms with Crippen molar-refractivity contribution in [2.45, 2.75) is 32.2 Å². The lowest BCUT2D eigenvalue weighted by Gasteiger charge is -2.18. The van der Waals surface area contributed by atoms with Crippen molar-refractivity contribution in [1.82, 2.24) is 9.55 Å². The minimum atomic E-state index is -0.513. The molecule has 0 fully saturated rings. The average Bonchev–Trinajstić information content (AvgIpc) is 2.56. The molecular formula is C9H11N3O3. The van der Waals surface area contributed by atoms with E-state index in [1.54, 1.807) is 11.5 Å². The lowest BCUT2D eigenvalue weighted by molar-refractivity contribution is -0.390. The van der Waals surface area contributed by atoms with Crippen LogP contribution in [0.3, 0.4) is 0 Å². The molecule has 6 heteroatoms. The molecule has 0 amide bonds. The summed E-state index contributed by atoms with van der Waals surface area (Å²) in [5, 5.41) is 10.8. The van der Waals surface area contributed by atoms with Gasteiger partial charge in [0.2, 0.25) is 5.82 Å². The van der Waals surface area contributed by atoms with Crippen LogP contribution < -0.4 is 0 Å². The first-order valence-electron chi connectivity index (χ1n) is 4.82. The van der Waals surface area contributed by atoms with Crippen LogP contribution in [0.15, 0.2) is 0 Å². The van der Waals surface area contributed by atoms with Crippen molar-refractivity contribution in [3.63, 3.8) is 0 Å². The molecule has 0 radical (unpaired) electrons. The Kier molecular flexibility index (Phi) is 2.26.